The van der Waals surface area contributed by atoms with Crippen LogP contribution in [-0.4, -0.2) is 40.2 Å². The van der Waals surface area contributed by atoms with E-state index in [2.05, 4.69) is 10.00 Å². The molecule has 2 aliphatic heterocycles. The number of carbonyl (C=O) groups is 1. The van der Waals surface area contributed by atoms with Crippen molar-refractivity contribution in [2.45, 2.75) is 19.4 Å². The number of hydrogen-bond acceptors (Lipinski definition) is 3. The molecule has 5 nitrogen and oxygen atoms in total. The van der Waals surface area contributed by atoms with Crippen molar-refractivity contribution in [3.05, 3.63) is 47.8 Å². The molecule has 2 aliphatic rings. The molecule has 1 atom stereocenters. The summed E-state index contributed by atoms with van der Waals surface area (Å²) in [5, 5.41) is 4.19. The summed E-state index contributed by atoms with van der Waals surface area (Å²) in [7, 11) is 1.89. The third kappa shape index (κ3) is 3.04. The van der Waals surface area contributed by atoms with Crippen LogP contribution in [0.1, 0.15) is 18.4 Å². The number of carbonyl (C=O) groups excluding carboxylic acids is 1. The molecule has 1 aromatic carbocycles. The number of amides is 1. The van der Waals surface area contributed by atoms with Crippen molar-refractivity contribution in [2.24, 2.45) is 12.5 Å². The van der Waals surface area contributed by atoms with Gasteiger partial charge in [0.15, 0.2) is 11.6 Å². The predicted molar refractivity (Wildman–Crippen MR) is 88.9 cm³/mol. The fraction of sp³-hybridized carbons (Fsp3) is 0.444. The fourth-order valence-electron chi connectivity index (χ4n) is 4.03. The summed E-state index contributed by atoms with van der Waals surface area (Å²) in [5.74, 6) is -1.83. The molecule has 3 heterocycles. The molecule has 4 rings (SSSR count). The standard InChI is InChI=1S/C18H20F2N4O/c1-22-9-13(8-21-22)10-23-5-4-18(11-23)7-17(25)24(12-18)14-2-3-15(19)16(20)6-14/h2-3,6,8-9H,4-5,7,10-12H2,1H3/t18-/m0/s1. The minimum Gasteiger partial charge on any atom is -0.312 e. The molecule has 0 aliphatic carbocycles. The van der Waals surface area contributed by atoms with Crippen molar-refractivity contribution < 1.29 is 13.6 Å². The Labute approximate surface area is 144 Å². The molecule has 2 saturated heterocycles. The van der Waals surface area contributed by atoms with E-state index in [4.69, 9.17) is 0 Å². The number of nitrogens with zero attached hydrogens (tertiary/aromatic N) is 4. The molecule has 2 fully saturated rings. The molecule has 1 amide bonds. The van der Waals surface area contributed by atoms with Crippen molar-refractivity contribution >= 4 is 11.6 Å². The molecule has 1 spiro atoms. The molecule has 132 valence electrons. The van der Waals surface area contributed by atoms with E-state index in [1.54, 1.807) is 9.58 Å². The highest BCUT2D eigenvalue weighted by Crippen LogP contribution is 2.42. The molecule has 0 N–H and O–H groups in total. The summed E-state index contributed by atoms with van der Waals surface area (Å²) in [6.07, 6.45) is 5.24. The van der Waals surface area contributed by atoms with Gasteiger partial charge in [-0.2, -0.15) is 5.10 Å². The minimum atomic E-state index is -0.920. The lowest BCUT2D eigenvalue weighted by molar-refractivity contribution is -0.117. The predicted octanol–water partition coefficient (Wildman–Crippen LogP) is 2.33. The third-order valence-corrected chi connectivity index (χ3v) is 5.22. The second-order valence-corrected chi connectivity index (χ2v) is 7.24. The van der Waals surface area contributed by atoms with E-state index >= 15 is 0 Å². The second kappa shape index (κ2) is 5.91. The van der Waals surface area contributed by atoms with E-state index in [0.29, 0.717) is 18.7 Å². The van der Waals surface area contributed by atoms with E-state index in [0.717, 1.165) is 43.8 Å². The summed E-state index contributed by atoms with van der Waals surface area (Å²) in [4.78, 5) is 16.4. The van der Waals surface area contributed by atoms with Gasteiger partial charge in [-0.1, -0.05) is 0 Å². The highest BCUT2D eigenvalue weighted by atomic mass is 19.2. The maximum absolute atomic E-state index is 13.5. The lowest BCUT2D eigenvalue weighted by atomic mass is 9.86. The summed E-state index contributed by atoms with van der Waals surface area (Å²) in [5.41, 5.74) is 1.48. The Morgan fingerprint density at radius 2 is 2.08 bits per heavy atom. The van der Waals surface area contributed by atoms with E-state index in [-0.39, 0.29) is 11.3 Å². The molecule has 7 heteroatoms. The number of hydrogen-bond donors (Lipinski definition) is 0. The number of anilines is 1. The smallest absolute Gasteiger partial charge is 0.227 e. The van der Waals surface area contributed by atoms with Crippen LogP contribution in [0.3, 0.4) is 0 Å². The van der Waals surface area contributed by atoms with Gasteiger partial charge in [-0.3, -0.25) is 14.4 Å². The van der Waals surface area contributed by atoms with Gasteiger partial charge < -0.3 is 4.90 Å². The number of likely N-dealkylation sites (tertiary alicyclic amines) is 1. The topological polar surface area (TPSA) is 41.4 Å². The highest BCUT2D eigenvalue weighted by molar-refractivity contribution is 5.96. The number of aromatic nitrogens is 2. The highest BCUT2D eigenvalue weighted by Gasteiger charge is 2.47. The zero-order valence-corrected chi connectivity index (χ0v) is 14.1. The van der Waals surface area contributed by atoms with Gasteiger partial charge in [0.05, 0.1) is 6.20 Å². The lowest BCUT2D eigenvalue weighted by Gasteiger charge is -2.24. The third-order valence-electron chi connectivity index (χ3n) is 5.22. The van der Waals surface area contributed by atoms with E-state index in [1.807, 2.05) is 19.4 Å². The Morgan fingerprint density at radius 1 is 1.24 bits per heavy atom. The van der Waals surface area contributed by atoms with Crippen molar-refractivity contribution in [1.82, 2.24) is 14.7 Å². The first-order valence-electron chi connectivity index (χ1n) is 8.39. The summed E-state index contributed by atoms with van der Waals surface area (Å²) < 4.78 is 28.4. The second-order valence-electron chi connectivity index (χ2n) is 7.24. The van der Waals surface area contributed by atoms with E-state index in [9.17, 15) is 13.6 Å². The quantitative estimate of drug-likeness (QED) is 0.857. The van der Waals surface area contributed by atoms with Gasteiger partial charge in [0.2, 0.25) is 5.91 Å². The molecule has 0 unspecified atom stereocenters. The Balaban J connectivity index is 1.47. The summed E-state index contributed by atoms with van der Waals surface area (Å²) in [6, 6.07) is 3.65. The number of aryl methyl sites for hydroxylation is 1. The first kappa shape index (κ1) is 16.2. The maximum atomic E-state index is 13.5. The van der Waals surface area contributed by atoms with E-state index in [1.165, 1.54) is 6.07 Å². The van der Waals surface area contributed by atoms with Gasteiger partial charge in [0.1, 0.15) is 0 Å². The van der Waals surface area contributed by atoms with Crippen LogP contribution >= 0.6 is 0 Å². The molecule has 1 aromatic heterocycles. The Bertz CT molecular complexity index is 821. The van der Waals surface area contributed by atoms with Crippen molar-refractivity contribution in [3.63, 3.8) is 0 Å². The minimum absolute atomic E-state index is 0.0192. The van der Waals surface area contributed by atoms with Crippen LogP contribution in [0.25, 0.3) is 0 Å². The molecule has 25 heavy (non-hydrogen) atoms. The van der Waals surface area contributed by atoms with Crippen LogP contribution < -0.4 is 4.90 Å². The molecular weight excluding hydrogens is 326 g/mol. The SMILES string of the molecule is Cn1cc(CN2CC[C@]3(CC(=O)N(c4ccc(F)c(F)c4)C3)C2)cn1. The summed E-state index contributed by atoms with van der Waals surface area (Å²) in [6.45, 7) is 3.12. The van der Waals surface area contributed by atoms with Crippen LogP contribution in [0.4, 0.5) is 14.5 Å². The van der Waals surface area contributed by atoms with Gasteiger partial charge in [-0.25, -0.2) is 8.78 Å². The van der Waals surface area contributed by atoms with Crippen molar-refractivity contribution in [3.8, 4) is 0 Å². The number of rotatable bonds is 3. The van der Waals surface area contributed by atoms with Gasteiger partial charge in [-0.15, -0.1) is 0 Å². The Kier molecular flexibility index (Phi) is 3.83. The van der Waals surface area contributed by atoms with Gasteiger partial charge in [-0.05, 0) is 25.1 Å². The maximum Gasteiger partial charge on any atom is 0.227 e. The molecule has 0 saturated carbocycles. The average Bonchev–Trinajstić information content (AvgIpc) is 3.23. The Hall–Kier alpha value is -2.28. The monoisotopic (exact) mass is 346 g/mol. The first-order chi connectivity index (χ1) is 11.9. The van der Waals surface area contributed by atoms with Gasteiger partial charge in [0.25, 0.3) is 0 Å². The van der Waals surface area contributed by atoms with Gasteiger partial charge >= 0.3 is 0 Å². The van der Waals surface area contributed by atoms with Crippen molar-refractivity contribution in [1.29, 1.82) is 0 Å². The number of halogens is 2. The van der Waals surface area contributed by atoms with Crippen molar-refractivity contribution in [2.75, 3.05) is 24.5 Å². The number of benzene rings is 1. The largest absolute Gasteiger partial charge is 0.312 e. The summed E-state index contributed by atoms with van der Waals surface area (Å²) >= 11 is 0. The normalized spacial score (nSPS) is 24.0. The van der Waals surface area contributed by atoms with Crippen LogP contribution in [0.2, 0.25) is 0 Å². The zero-order chi connectivity index (χ0) is 17.6. The van der Waals surface area contributed by atoms with Gasteiger partial charge in [0, 0.05) is 62.0 Å². The molecule has 0 bridgehead atoms. The first-order valence-corrected chi connectivity index (χ1v) is 8.39. The van der Waals surface area contributed by atoms with Crippen LogP contribution in [0.5, 0.6) is 0 Å². The Morgan fingerprint density at radius 3 is 2.80 bits per heavy atom. The molecular formula is C18H20F2N4O. The molecule has 0 radical (unpaired) electrons. The average molecular weight is 346 g/mol. The van der Waals surface area contributed by atoms with Crippen LogP contribution in [0, 0.1) is 17.0 Å². The lowest BCUT2D eigenvalue weighted by Crippen LogP contribution is -2.31. The van der Waals surface area contributed by atoms with Crippen LogP contribution in [0.15, 0.2) is 30.6 Å². The zero-order valence-electron chi connectivity index (χ0n) is 14.1. The fourth-order valence-corrected chi connectivity index (χ4v) is 4.03. The van der Waals surface area contributed by atoms with Crippen LogP contribution in [-0.2, 0) is 18.4 Å². The van der Waals surface area contributed by atoms with E-state index < -0.39 is 11.6 Å². The molecule has 2 aromatic rings.